The van der Waals surface area contributed by atoms with Crippen LogP contribution in [0.3, 0.4) is 0 Å². The number of nitrogens with one attached hydrogen (secondary N) is 3. The third kappa shape index (κ3) is 8.14. The Balaban J connectivity index is 2.83. The van der Waals surface area contributed by atoms with E-state index in [1.807, 2.05) is 13.8 Å². The highest BCUT2D eigenvalue weighted by atomic mass is 16.6. The van der Waals surface area contributed by atoms with Crippen LogP contribution in [0.1, 0.15) is 60.8 Å². The third-order valence-electron chi connectivity index (χ3n) is 4.13. The van der Waals surface area contributed by atoms with E-state index in [2.05, 4.69) is 16.1 Å². The second-order valence-corrected chi connectivity index (χ2v) is 8.44. The van der Waals surface area contributed by atoms with Gasteiger partial charge in [0.25, 0.3) is 5.91 Å². The van der Waals surface area contributed by atoms with E-state index in [0.717, 1.165) is 0 Å². The standard InChI is InChI=1S/C19H34N4O5/c1-7-15(24)23(11-13-8-9-20-16(13)25)22-17(26)14(10-12(2)3)21-18(27)28-19(4,5)6/h12-14H,7-11H2,1-6H3,(H,20,25)(H,21,27)(H,22,26)/t13-,14-/m0/s1. The largest absolute Gasteiger partial charge is 0.444 e. The first kappa shape index (κ1) is 23.7. The van der Waals surface area contributed by atoms with Gasteiger partial charge in [0.15, 0.2) is 0 Å². The molecule has 1 heterocycles. The van der Waals surface area contributed by atoms with Gasteiger partial charge in [0, 0.05) is 13.0 Å². The van der Waals surface area contributed by atoms with Gasteiger partial charge in [-0.3, -0.25) is 24.8 Å². The molecular weight excluding hydrogens is 364 g/mol. The van der Waals surface area contributed by atoms with Crippen molar-refractivity contribution in [3.05, 3.63) is 0 Å². The smallest absolute Gasteiger partial charge is 0.408 e. The zero-order valence-corrected chi connectivity index (χ0v) is 17.8. The fourth-order valence-electron chi connectivity index (χ4n) is 2.80. The van der Waals surface area contributed by atoms with E-state index in [-0.39, 0.29) is 36.6 Å². The van der Waals surface area contributed by atoms with E-state index in [4.69, 9.17) is 4.74 Å². The Morgan fingerprint density at radius 1 is 1.29 bits per heavy atom. The van der Waals surface area contributed by atoms with Crippen LogP contribution in [0.5, 0.6) is 0 Å². The molecule has 0 bridgehead atoms. The SMILES string of the molecule is CCC(=O)N(C[C@@H]1CCNC1=O)NC(=O)[C@H](CC(C)C)NC(=O)OC(C)(C)C. The van der Waals surface area contributed by atoms with Crippen LogP contribution in [-0.2, 0) is 19.1 Å². The van der Waals surface area contributed by atoms with Crippen molar-refractivity contribution in [2.45, 2.75) is 72.4 Å². The summed E-state index contributed by atoms with van der Waals surface area (Å²) < 4.78 is 5.23. The highest BCUT2D eigenvalue weighted by Gasteiger charge is 2.31. The molecule has 28 heavy (non-hydrogen) atoms. The average molecular weight is 399 g/mol. The fourth-order valence-corrected chi connectivity index (χ4v) is 2.80. The average Bonchev–Trinajstić information content (AvgIpc) is 2.95. The number of carbonyl (C=O) groups is 4. The minimum atomic E-state index is -0.862. The normalized spacial score (nSPS) is 17.7. The van der Waals surface area contributed by atoms with Crippen LogP contribution in [0.25, 0.3) is 0 Å². The molecule has 0 aromatic carbocycles. The van der Waals surface area contributed by atoms with Crippen molar-refractivity contribution in [2.75, 3.05) is 13.1 Å². The summed E-state index contributed by atoms with van der Waals surface area (Å²) in [5, 5.41) is 6.48. The summed E-state index contributed by atoms with van der Waals surface area (Å²) in [4.78, 5) is 49.0. The predicted octanol–water partition coefficient (Wildman–Crippen LogP) is 1.33. The lowest BCUT2D eigenvalue weighted by Gasteiger charge is -2.29. The summed E-state index contributed by atoms with van der Waals surface area (Å²) in [6.45, 7) is 11.4. The number of alkyl carbamates (subject to hydrolysis) is 1. The molecule has 0 aromatic rings. The molecule has 9 nitrogen and oxygen atoms in total. The van der Waals surface area contributed by atoms with Crippen molar-refractivity contribution in [1.82, 2.24) is 21.1 Å². The highest BCUT2D eigenvalue weighted by Crippen LogP contribution is 2.13. The Morgan fingerprint density at radius 2 is 1.93 bits per heavy atom. The van der Waals surface area contributed by atoms with Gasteiger partial charge in [0.2, 0.25) is 11.8 Å². The lowest BCUT2D eigenvalue weighted by Crippen LogP contribution is -2.56. The van der Waals surface area contributed by atoms with Crippen LogP contribution in [0.2, 0.25) is 0 Å². The molecule has 4 amide bonds. The van der Waals surface area contributed by atoms with E-state index < -0.39 is 23.6 Å². The second-order valence-electron chi connectivity index (χ2n) is 8.44. The van der Waals surface area contributed by atoms with Crippen molar-refractivity contribution < 1.29 is 23.9 Å². The number of carbonyl (C=O) groups excluding carboxylic acids is 4. The maximum atomic E-state index is 12.8. The topological polar surface area (TPSA) is 117 Å². The van der Waals surface area contributed by atoms with Gasteiger partial charge in [-0.1, -0.05) is 20.8 Å². The molecule has 160 valence electrons. The minimum Gasteiger partial charge on any atom is -0.444 e. The Morgan fingerprint density at radius 3 is 2.39 bits per heavy atom. The lowest BCUT2D eigenvalue weighted by molar-refractivity contribution is -0.143. The molecule has 0 aromatic heterocycles. The molecule has 0 radical (unpaired) electrons. The summed E-state index contributed by atoms with van der Waals surface area (Å²) in [5.74, 6) is -1.18. The molecule has 1 rings (SSSR count). The Labute approximate surface area is 166 Å². The summed E-state index contributed by atoms with van der Waals surface area (Å²) in [7, 11) is 0. The Kier molecular flexibility index (Phi) is 8.71. The molecule has 9 heteroatoms. The number of amides is 4. The van der Waals surface area contributed by atoms with Crippen LogP contribution >= 0.6 is 0 Å². The molecule has 3 N–H and O–H groups in total. The molecular formula is C19H34N4O5. The molecule has 1 saturated heterocycles. The molecule has 1 fully saturated rings. The number of hydrazine groups is 1. The molecule has 0 spiro atoms. The molecule has 0 unspecified atom stereocenters. The zero-order chi connectivity index (χ0) is 21.5. The number of rotatable bonds is 7. The van der Waals surface area contributed by atoms with Gasteiger partial charge < -0.3 is 15.4 Å². The Hall–Kier alpha value is -2.32. The lowest BCUT2D eigenvalue weighted by atomic mass is 10.0. The number of nitrogens with zero attached hydrogens (tertiary/aromatic N) is 1. The quantitative estimate of drug-likeness (QED) is 0.560. The minimum absolute atomic E-state index is 0.102. The third-order valence-corrected chi connectivity index (χ3v) is 4.13. The number of hydrogen-bond donors (Lipinski definition) is 3. The van der Waals surface area contributed by atoms with Gasteiger partial charge >= 0.3 is 6.09 Å². The first-order chi connectivity index (χ1) is 12.9. The molecule has 1 aliphatic heterocycles. The fraction of sp³-hybridized carbons (Fsp3) is 0.789. The zero-order valence-electron chi connectivity index (χ0n) is 17.8. The van der Waals surface area contributed by atoms with E-state index in [1.165, 1.54) is 5.01 Å². The first-order valence-corrected chi connectivity index (χ1v) is 9.81. The highest BCUT2D eigenvalue weighted by molar-refractivity contribution is 5.88. The monoisotopic (exact) mass is 398 g/mol. The van der Waals surface area contributed by atoms with Crippen molar-refractivity contribution >= 4 is 23.8 Å². The molecule has 0 saturated carbocycles. The summed E-state index contributed by atoms with van der Waals surface area (Å²) in [5.41, 5.74) is 1.89. The van der Waals surface area contributed by atoms with Gasteiger partial charge in [-0.05, 0) is 39.5 Å². The van der Waals surface area contributed by atoms with Gasteiger partial charge in [-0.25, -0.2) is 4.79 Å². The predicted molar refractivity (Wildman–Crippen MR) is 104 cm³/mol. The van der Waals surface area contributed by atoms with Crippen LogP contribution in [0.4, 0.5) is 4.79 Å². The summed E-state index contributed by atoms with van der Waals surface area (Å²) >= 11 is 0. The second kappa shape index (κ2) is 10.3. The van der Waals surface area contributed by atoms with Crippen molar-refractivity contribution in [3.8, 4) is 0 Å². The maximum Gasteiger partial charge on any atom is 0.408 e. The van der Waals surface area contributed by atoms with Crippen LogP contribution in [-0.4, -0.2) is 53.6 Å². The van der Waals surface area contributed by atoms with E-state index in [0.29, 0.717) is 19.4 Å². The molecule has 0 aliphatic carbocycles. The van der Waals surface area contributed by atoms with Crippen molar-refractivity contribution in [3.63, 3.8) is 0 Å². The molecule has 1 aliphatic rings. The van der Waals surface area contributed by atoms with Gasteiger partial charge in [0.05, 0.1) is 12.5 Å². The van der Waals surface area contributed by atoms with E-state index in [1.54, 1.807) is 27.7 Å². The first-order valence-electron chi connectivity index (χ1n) is 9.81. The van der Waals surface area contributed by atoms with E-state index >= 15 is 0 Å². The summed E-state index contributed by atoms with van der Waals surface area (Å²) in [6, 6.07) is -0.862. The van der Waals surface area contributed by atoms with Crippen molar-refractivity contribution in [2.24, 2.45) is 11.8 Å². The van der Waals surface area contributed by atoms with Crippen LogP contribution in [0.15, 0.2) is 0 Å². The van der Waals surface area contributed by atoms with Crippen LogP contribution < -0.4 is 16.1 Å². The van der Waals surface area contributed by atoms with Crippen molar-refractivity contribution in [1.29, 1.82) is 0 Å². The summed E-state index contributed by atoms with van der Waals surface area (Å²) in [6.07, 6.45) is 0.469. The maximum absolute atomic E-state index is 12.8. The molecule has 2 atom stereocenters. The number of hydrogen-bond acceptors (Lipinski definition) is 5. The van der Waals surface area contributed by atoms with E-state index in [9.17, 15) is 19.2 Å². The number of ether oxygens (including phenoxy) is 1. The van der Waals surface area contributed by atoms with Gasteiger partial charge in [0.1, 0.15) is 11.6 Å². The van der Waals surface area contributed by atoms with Crippen LogP contribution in [0, 0.1) is 11.8 Å². The Bertz CT molecular complexity index is 585. The van der Waals surface area contributed by atoms with Gasteiger partial charge in [-0.2, -0.15) is 0 Å². The van der Waals surface area contributed by atoms with Gasteiger partial charge in [-0.15, -0.1) is 0 Å².